The van der Waals surface area contributed by atoms with Crippen LogP contribution < -0.4 is 0 Å². The van der Waals surface area contributed by atoms with Gasteiger partial charge in [0.25, 0.3) is 0 Å². The van der Waals surface area contributed by atoms with Crippen molar-refractivity contribution in [3.8, 4) is 5.69 Å². The zero-order chi connectivity index (χ0) is 16.5. The molecule has 0 amide bonds. The number of benzene rings is 1. The minimum atomic E-state index is -4.92. The lowest BCUT2D eigenvalue weighted by atomic mass is 10.2. The molecule has 0 atom stereocenters. The second kappa shape index (κ2) is 6.03. The number of hydrogen-bond acceptors (Lipinski definition) is 4. The Hall–Kier alpha value is -1.97. The molecule has 0 N–H and O–H groups in total. The molecule has 1 aromatic carbocycles. The first-order valence-electron chi connectivity index (χ1n) is 5.91. The Balaban J connectivity index is 2.66. The van der Waals surface area contributed by atoms with Crippen molar-refractivity contribution >= 4 is 21.9 Å². The van der Waals surface area contributed by atoms with Crippen LogP contribution >= 0.6 is 15.9 Å². The van der Waals surface area contributed by atoms with Gasteiger partial charge in [-0.2, -0.15) is 13.2 Å². The number of ether oxygens (including phenoxy) is 1. The molecular weight excluding hydrogens is 374 g/mol. The number of carbonyl (C=O) groups is 1. The van der Waals surface area contributed by atoms with Crippen molar-refractivity contribution in [2.24, 2.45) is 0 Å². The molecule has 10 heteroatoms. The van der Waals surface area contributed by atoms with E-state index in [4.69, 9.17) is 0 Å². The molecule has 0 aliphatic carbocycles. The third-order valence-electron chi connectivity index (χ3n) is 2.55. The summed E-state index contributed by atoms with van der Waals surface area (Å²) < 4.78 is 58.1. The van der Waals surface area contributed by atoms with E-state index < -0.39 is 29.4 Å². The first kappa shape index (κ1) is 16.4. The Morgan fingerprint density at radius 1 is 1.41 bits per heavy atom. The van der Waals surface area contributed by atoms with Gasteiger partial charge >= 0.3 is 12.1 Å². The second-order valence-electron chi connectivity index (χ2n) is 4.01. The zero-order valence-electron chi connectivity index (χ0n) is 11.0. The molecule has 0 saturated carbocycles. The molecule has 0 saturated heterocycles. The molecule has 0 aliphatic heterocycles. The van der Waals surface area contributed by atoms with Gasteiger partial charge in [0.2, 0.25) is 5.69 Å². The van der Waals surface area contributed by atoms with Gasteiger partial charge in [0.1, 0.15) is 11.5 Å². The van der Waals surface area contributed by atoms with E-state index in [1.807, 2.05) is 0 Å². The van der Waals surface area contributed by atoms with Crippen LogP contribution in [0.5, 0.6) is 0 Å². The van der Waals surface area contributed by atoms with Gasteiger partial charge in [-0.15, -0.1) is 5.10 Å². The number of aromatic nitrogens is 3. The van der Waals surface area contributed by atoms with Crippen molar-refractivity contribution in [1.29, 1.82) is 0 Å². The van der Waals surface area contributed by atoms with Gasteiger partial charge in [-0.05, 0) is 25.1 Å². The van der Waals surface area contributed by atoms with E-state index in [2.05, 4.69) is 31.0 Å². The number of rotatable bonds is 3. The van der Waals surface area contributed by atoms with Gasteiger partial charge in [-0.1, -0.05) is 21.1 Å². The lowest BCUT2D eigenvalue weighted by molar-refractivity contribution is -0.141. The highest BCUT2D eigenvalue weighted by Crippen LogP contribution is 2.32. The highest BCUT2D eigenvalue weighted by molar-refractivity contribution is 9.10. The fourth-order valence-corrected chi connectivity index (χ4v) is 2.01. The maximum Gasteiger partial charge on any atom is 0.437 e. The van der Waals surface area contributed by atoms with Gasteiger partial charge in [0, 0.05) is 4.47 Å². The molecule has 0 unspecified atom stereocenters. The van der Waals surface area contributed by atoms with Crippen LogP contribution in [0.1, 0.15) is 23.1 Å². The van der Waals surface area contributed by atoms with Gasteiger partial charge in [0.15, 0.2) is 5.69 Å². The Morgan fingerprint density at radius 3 is 2.64 bits per heavy atom. The van der Waals surface area contributed by atoms with Gasteiger partial charge in [0.05, 0.1) is 6.61 Å². The summed E-state index contributed by atoms with van der Waals surface area (Å²) >= 11 is 3.02. The highest BCUT2D eigenvalue weighted by atomic mass is 79.9. The molecule has 0 bridgehead atoms. The number of alkyl halides is 3. The quantitative estimate of drug-likeness (QED) is 0.604. The normalized spacial score (nSPS) is 11.5. The van der Waals surface area contributed by atoms with E-state index in [9.17, 15) is 22.4 Å². The predicted molar refractivity (Wildman–Crippen MR) is 70.0 cm³/mol. The molecule has 0 aliphatic rings. The van der Waals surface area contributed by atoms with Crippen LogP contribution in [0.15, 0.2) is 22.7 Å². The van der Waals surface area contributed by atoms with Crippen LogP contribution in [0.25, 0.3) is 5.69 Å². The van der Waals surface area contributed by atoms with Crippen LogP contribution in [-0.2, 0) is 10.9 Å². The number of esters is 1. The summed E-state index contributed by atoms with van der Waals surface area (Å²) in [4.78, 5) is 11.8. The molecule has 118 valence electrons. The Bertz CT molecular complexity index is 715. The zero-order valence-corrected chi connectivity index (χ0v) is 12.6. The smallest absolute Gasteiger partial charge is 0.437 e. The predicted octanol–water partition coefficient (Wildman–Crippen LogP) is 3.36. The van der Waals surface area contributed by atoms with Gasteiger partial charge in [-0.25, -0.2) is 13.9 Å². The molecule has 0 radical (unpaired) electrons. The molecule has 0 spiro atoms. The molecule has 2 aromatic rings. The summed E-state index contributed by atoms with van der Waals surface area (Å²) in [6.45, 7) is 1.28. The van der Waals surface area contributed by atoms with Crippen LogP contribution in [0.4, 0.5) is 17.6 Å². The largest absolute Gasteiger partial charge is 0.461 e. The summed E-state index contributed by atoms with van der Waals surface area (Å²) in [6, 6.07) is 3.58. The first-order chi connectivity index (χ1) is 10.3. The lowest BCUT2D eigenvalue weighted by Crippen LogP contribution is -2.18. The average Bonchev–Trinajstić information content (AvgIpc) is 2.83. The SMILES string of the molecule is CCOC(=O)c1c(C(F)(F)F)nnn1-c1ccc(Br)cc1F. The Kier molecular flexibility index (Phi) is 4.50. The molecule has 22 heavy (non-hydrogen) atoms. The minimum absolute atomic E-state index is 0.149. The van der Waals surface area contributed by atoms with Crippen molar-refractivity contribution in [1.82, 2.24) is 15.0 Å². The molecule has 2 rings (SSSR count). The summed E-state index contributed by atoms with van der Waals surface area (Å²) in [5, 5.41) is 6.18. The van der Waals surface area contributed by atoms with E-state index in [0.717, 1.165) is 12.1 Å². The lowest BCUT2D eigenvalue weighted by Gasteiger charge is -2.09. The van der Waals surface area contributed by atoms with Crippen LogP contribution in [0.3, 0.4) is 0 Å². The number of halogens is 5. The van der Waals surface area contributed by atoms with Crippen molar-refractivity contribution < 1.29 is 27.1 Å². The van der Waals surface area contributed by atoms with Crippen molar-refractivity contribution in [2.75, 3.05) is 6.61 Å². The molecule has 1 aromatic heterocycles. The molecule has 0 fully saturated rings. The molecule has 1 heterocycles. The van der Waals surface area contributed by atoms with E-state index in [1.165, 1.54) is 13.0 Å². The van der Waals surface area contributed by atoms with E-state index in [0.29, 0.717) is 9.15 Å². The Labute approximate surface area is 130 Å². The number of carbonyl (C=O) groups excluding carboxylic acids is 1. The molecule has 5 nitrogen and oxygen atoms in total. The third-order valence-corrected chi connectivity index (χ3v) is 3.04. The van der Waals surface area contributed by atoms with Crippen molar-refractivity contribution in [3.05, 3.63) is 39.9 Å². The van der Waals surface area contributed by atoms with Crippen LogP contribution in [-0.4, -0.2) is 27.6 Å². The van der Waals surface area contributed by atoms with E-state index in [-0.39, 0.29) is 12.3 Å². The van der Waals surface area contributed by atoms with Crippen LogP contribution in [0.2, 0.25) is 0 Å². The summed E-state index contributed by atoms with van der Waals surface area (Å²) in [7, 11) is 0. The third kappa shape index (κ3) is 3.11. The van der Waals surface area contributed by atoms with Crippen molar-refractivity contribution in [2.45, 2.75) is 13.1 Å². The summed E-state index contributed by atoms with van der Waals surface area (Å²) in [5.74, 6) is -2.17. The summed E-state index contributed by atoms with van der Waals surface area (Å²) in [5.41, 5.74) is -2.86. The topological polar surface area (TPSA) is 57.0 Å². The standard InChI is InChI=1S/C12H8BrF4N3O2/c1-2-22-11(21)9-10(12(15,16)17)18-19-20(9)8-4-3-6(13)5-7(8)14/h3-5H,2H2,1H3. The van der Waals surface area contributed by atoms with E-state index in [1.54, 1.807) is 0 Å². The van der Waals surface area contributed by atoms with Crippen LogP contribution in [0, 0.1) is 5.82 Å². The van der Waals surface area contributed by atoms with Crippen molar-refractivity contribution in [3.63, 3.8) is 0 Å². The summed E-state index contributed by atoms with van der Waals surface area (Å²) in [6.07, 6.45) is -4.92. The van der Waals surface area contributed by atoms with Gasteiger partial charge in [-0.3, -0.25) is 0 Å². The van der Waals surface area contributed by atoms with E-state index >= 15 is 0 Å². The average molecular weight is 382 g/mol. The fourth-order valence-electron chi connectivity index (χ4n) is 1.68. The minimum Gasteiger partial charge on any atom is -0.461 e. The Morgan fingerprint density at radius 2 is 2.09 bits per heavy atom. The highest BCUT2D eigenvalue weighted by Gasteiger charge is 2.42. The monoisotopic (exact) mass is 381 g/mol. The second-order valence-corrected chi connectivity index (χ2v) is 4.93. The number of hydrogen-bond donors (Lipinski definition) is 0. The maximum absolute atomic E-state index is 13.9. The molecular formula is C12H8BrF4N3O2. The maximum atomic E-state index is 13.9. The number of nitrogens with zero attached hydrogens (tertiary/aromatic N) is 3. The fraction of sp³-hybridized carbons (Fsp3) is 0.250. The first-order valence-corrected chi connectivity index (χ1v) is 6.70. The van der Waals surface area contributed by atoms with Gasteiger partial charge < -0.3 is 4.74 Å².